The normalized spacial score (nSPS) is 20.9. The predicted octanol–water partition coefficient (Wildman–Crippen LogP) is 3.42. The average molecular weight is 230 g/mol. The van der Waals surface area contributed by atoms with Crippen LogP contribution in [-0.2, 0) is 4.74 Å². The van der Waals surface area contributed by atoms with Crippen molar-refractivity contribution in [3.8, 4) is 0 Å². The van der Waals surface area contributed by atoms with Crippen LogP contribution in [0.2, 0.25) is 0 Å². The Bertz CT molecular complexity index is 538. The molecule has 1 saturated heterocycles. The highest BCUT2D eigenvalue weighted by Gasteiger charge is 2.19. The number of hydrogen-bond acceptors (Lipinski definition) is 2. The Hall–Kier alpha value is -1.35. The fourth-order valence-corrected chi connectivity index (χ4v) is 2.60. The lowest BCUT2D eigenvalue weighted by atomic mass is 10.1. The molecule has 0 aliphatic carbocycles. The van der Waals surface area contributed by atoms with Gasteiger partial charge in [-0.2, -0.15) is 0 Å². The number of nitrogens with zero attached hydrogens (tertiary/aromatic N) is 1. The van der Waals surface area contributed by atoms with Crippen molar-refractivity contribution in [2.45, 2.75) is 39.2 Å². The van der Waals surface area contributed by atoms with Crippen molar-refractivity contribution in [2.75, 3.05) is 6.61 Å². The number of hydrogen-bond donors (Lipinski definition) is 1. The summed E-state index contributed by atoms with van der Waals surface area (Å²) in [5.74, 6) is 0.994. The van der Waals surface area contributed by atoms with Crippen LogP contribution in [0.3, 0.4) is 0 Å². The molecule has 0 spiro atoms. The van der Waals surface area contributed by atoms with Gasteiger partial charge in [-0.05, 0) is 50.3 Å². The quantitative estimate of drug-likeness (QED) is 0.815. The molecular weight excluding hydrogens is 212 g/mol. The zero-order valence-corrected chi connectivity index (χ0v) is 10.4. The van der Waals surface area contributed by atoms with E-state index in [9.17, 15) is 0 Å². The summed E-state index contributed by atoms with van der Waals surface area (Å²) < 4.78 is 5.77. The monoisotopic (exact) mass is 230 g/mol. The molecule has 1 aromatic carbocycles. The molecule has 1 aliphatic heterocycles. The highest BCUT2D eigenvalue weighted by Crippen LogP contribution is 2.28. The molecule has 2 aromatic rings. The van der Waals surface area contributed by atoms with Gasteiger partial charge >= 0.3 is 0 Å². The van der Waals surface area contributed by atoms with Gasteiger partial charge in [0.15, 0.2) is 0 Å². The van der Waals surface area contributed by atoms with E-state index in [0.29, 0.717) is 0 Å². The van der Waals surface area contributed by atoms with Gasteiger partial charge in [0, 0.05) is 6.61 Å². The number of H-pyrrole nitrogens is 1. The maximum Gasteiger partial charge on any atom is 0.136 e. The van der Waals surface area contributed by atoms with Crippen molar-refractivity contribution in [2.24, 2.45) is 0 Å². The summed E-state index contributed by atoms with van der Waals surface area (Å²) in [6.07, 6.45) is 3.66. The van der Waals surface area contributed by atoms with Gasteiger partial charge in [-0.3, -0.25) is 0 Å². The standard InChI is InChI=1S/C14H18N2O/c1-9-7-10(2)13-11(8-9)15-14(16-13)12-5-3-4-6-17-12/h7-8,12H,3-6H2,1-2H3,(H,15,16). The Balaban J connectivity index is 2.03. The van der Waals surface area contributed by atoms with E-state index in [2.05, 4.69) is 31.0 Å². The topological polar surface area (TPSA) is 37.9 Å². The number of benzene rings is 1. The van der Waals surface area contributed by atoms with Crippen molar-refractivity contribution in [3.63, 3.8) is 0 Å². The summed E-state index contributed by atoms with van der Waals surface area (Å²) in [5, 5.41) is 0. The fraction of sp³-hybridized carbons (Fsp3) is 0.500. The van der Waals surface area contributed by atoms with Crippen LogP contribution in [0.25, 0.3) is 11.0 Å². The number of rotatable bonds is 1. The van der Waals surface area contributed by atoms with Crippen LogP contribution in [0, 0.1) is 13.8 Å². The molecule has 1 aliphatic rings. The molecule has 90 valence electrons. The second-order valence-electron chi connectivity index (χ2n) is 4.96. The van der Waals surface area contributed by atoms with E-state index < -0.39 is 0 Å². The number of imidazole rings is 1. The predicted molar refractivity (Wildman–Crippen MR) is 68.1 cm³/mol. The maximum atomic E-state index is 5.77. The Morgan fingerprint density at radius 2 is 2.18 bits per heavy atom. The molecular formula is C14H18N2O. The SMILES string of the molecule is Cc1cc(C)c2nc(C3CCCCO3)[nH]c2c1. The van der Waals surface area contributed by atoms with Gasteiger partial charge in [-0.15, -0.1) is 0 Å². The van der Waals surface area contributed by atoms with Crippen molar-refractivity contribution in [1.29, 1.82) is 0 Å². The summed E-state index contributed by atoms with van der Waals surface area (Å²) in [5.41, 5.74) is 4.72. The van der Waals surface area contributed by atoms with Gasteiger partial charge in [0.25, 0.3) is 0 Å². The molecule has 0 bridgehead atoms. The molecule has 0 amide bonds. The summed E-state index contributed by atoms with van der Waals surface area (Å²) in [4.78, 5) is 8.11. The molecule has 0 saturated carbocycles. The Morgan fingerprint density at radius 3 is 2.94 bits per heavy atom. The summed E-state index contributed by atoms with van der Waals surface area (Å²) >= 11 is 0. The average Bonchev–Trinajstić information content (AvgIpc) is 2.74. The Kier molecular flexibility index (Phi) is 2.63. The molecule has 3 heteroatoms. The number of aromatic amines is 1. The van der Waals surface area contributed by atoms with Crippen LogP contribution < -0.4 is 0 Å². The lowest BCUT2D eigenvalue weighted by Gasteiger charge is -2.20. The molecule has 1 unspecified atom stereocenters. The summed E-state index contributed by atoms with van der Waals surface area (Å²) in [6, 6.07) is 4.33. The molecule has 1 atom stereocenters. The third-order valence-electron chi connectivity index (χ3n) is 3.42. The van der Waals surface area contributed by atoms with Crippen LogP contribution in [-0.4, -0.2) is 16.6 Å². The van der Waals surface area contributed by atoms with Crippen LogP contribution in [0.1, 0.15) is 42.3 Å². The van der Waals surface area contributed by atoms with E-state index in [1.54, 1.807) is 0 Å². The minimum Gasteiger partial charge on any atom is -0.370 e. The second kappa shape index (κ2) is 4.15. The largest absolute Gasteiger partial charge is 0.370 e. The molecule has 17 heavy (non-hydrogen) atoms. The van der Waals surface area contributed by atoms with E-state index >= 15 is 0 Å². The summed E-state index contributed by atoms with van der Waals surface area (Å²) in [7, 11) is 0. The zero-order valence-electron chi connectivity index (χ0n) is 10.4. The zero-order chi connectivity index (χ0) is 11.8. The minimum absolute atomic E-state index is 0.163. The van der Waals surface area contributed by atoms with Gasteiger partial charge in [0.2, 0.25) is 0 Å². The van der Waals surface area contributed by atoms with Crippen LogP contribution >= 0.6 is 0 Å². The van der Waals surface area contributed by atoms with Gasteiger partial charge in [0.05, 0.1) is 11.0 Å². The molecule has 3 nitrogen and oxygen atoms in total. The first-order valence-corrected chi connectivity index (χ1v) is 6.32. The first kappa shape index (κ1) is 10.8. The van der Waals surface area contributed by atoms with Crippen LogP contribution in [0.15, 0.2) is 12.1 Å². The highest BCUT2D eigenvalue weighted by molar-refractivity contribution is 5.79. The third kappa shape index (κ3) is 1.95. The first-order valence-electron chi connectivity index (χ1n) is 6.32. The smallest absolute Gasteiger partial charge is 0.136 e. The minimum atomic E-state index is 0.163. The molecule has 0 radical (unpaired) electrons. The highest BCUT2D eigenvalue weighted by atomic mass is 16.5. The maximum absolute atomic E-state index is 5.77. The van der Waals surface area contributed by atoms with E-state index in [-0.39, 0.29) is 6.10 Å². The van der Waals surface area contributed by atoms with Crippen molar-refractivity contribution < 1.29 is 4.74 Å². The fourth-order valence-electron chi connectivity index (χ4n) is 2.60. The van der Waals surface area contributed by atoms with E-state index in [4.69, 9.17) is 9.72 Å². The molecule has 1 aromatic heterocycles. The second-order valence-corrected chi connectivity index (χ2v) is 4.96. The number of aromatic nitrogens is 2. The molecule has 2 heterocycles. The van der Waals surface area contributed by atoms with Crippen LogP contribution in [0.4, 0.5) is 0 Å². The van der Waals surface area contributed by atoms with Crippen LogP contribution in [0.5, 0.6) is 0 Å². The van der Waals surface area contributed by atoms with E-state index in [1.807, 2.05) is 0 Å². The third-order valence-corrected chi connectivity index (χ3v) is 3.42. The number of aryl methyl sites for hydroxylation is 2. The Labute approximate surface area is 101 Å². The van der Waals surface area contributed by atoms with Gasteiger partial charge in [-0.25, -0.2) is 4.98 Å². The van der Waals surface area contributed by atoms with Gasteiger partial charge in [-0.1, -0.05) is 6.07 Å². The lowest BCUT2D eigenvalue weighted by Crippen LogP contribution is -2.12. The van der Waals surface area contributed by atoms with E-state index in [1.165, 1.54) is 24.0 Å². The van der Waals surface area contributed by atoms with Gasteiger partial charge in [0.1, 0.15) is 11.9 Å². The number of fused-ring (bicyclic) bond motifs is 1. The van der Waals surface area contributed by atoms with E-state index in [0.717, 1.165) is 29.9 Å². The Morgan fingerprint density at radius 1 is 1.29 bits per heavy atom. The number of nitrogens with one attached hydrogen (secondary N) is 1. The van der Waals surface area contributed by atoms with Crippen molar-refractivity contribution in [3.05, 3.63) is 29.1 Å². The van der Waals surface area contributed by atoms with Crippen molar-refractivity contribution in [1.82, 2.24) is 9.97 Å². The number of ether oxygens (including phenoxy) is 1. The first-order chi connectivity index (χ1) is 8.24. The lowest BCUT2D eigenvalue weighted by molar-refractivity contribution is 0.0101. The molecule has 1 N–H and O–H groups in total. The summed E-state index contributed by atoms with van der Waals surface area (Å²) in [6.45, 7) is 5.09. The molecule has 3 rings (SSSR count). The van der Waals surface area contributed by atoms with Gasteiger partial charge < -0.3 is 9.72 Å². The van der Waals surface area contributed by atoms with Crippen molar-refractivity contribution >= 4 is 11.0 Å². The molecule has 1 fully saturated rings.